The molecule has 0 bridgehead atoms. The van der Waals surface area contributed by atoms with Gasteiger partial charge in [0.1, 0.15) is 13.6 Å². The summed E-state index contributed by atoms with van der Waals surface area (Å²) < 4.78 is 15.4. The van der Waals surface area contributed by atoms with Crippen molar-refractivity contribution in [3.8, 4) is 0 Å². The van der Waals surface area contributed by atoms with E-state index in [1.165, 1.54) is 0 Å². The van der Waals surface area contributed by atoms with Crippen LogP contribution in [0.25, 0.3) is 0 Å². The van der Waals surface area contributed by atoms with Gasteiger partial charge in [-0.1, -0.05) is 11.2 Å². The molecule has 0 aromatic heterocycles. The molecular formula is C5H11Cl2O4P2+. The summed E-state index contributed by atoms with van der Waals surface area (Å²) in [6.45, 7) is 1.40. The van der Waals surface area contributed by atoms with Crippen LogP contribution in [0.5, 0.6) is 0 Å². The lowest BCUT2D eigenvalue weighted by Gasteiger charge is -2.33. The molecule has 0 saturated carbocycles. The molecule has 0 radical (unpaired) electrons. The molecule has 0 aromatic rings. The fourth-order valence-corrected chi connectivity index (χ4v) is 2.51. The van der Waals surface area contributed by atoms with Gasteiger partial charge in [-0.25, -0.2) is 0 Å². The van der Waals surface area contributed by atoms with Gasteiger partial charge in [0, 0.05) is 0 Å². The van der Waals surface area contributed by atoms with Gasteiger partial charge < -0.3 is 18.7 Å². The van der Waals surface area contributed by atoms with Gasteiger partial charge in [-0.05, 0) is 11.2 Å². The molecule has 2 N–H and O–H groups in total. The minimum atomic E-state index is -1.27. The highest BCUT2D eigenvalue weighted by Gasteiger charge is 2.39. The quantitative estimate of drug-likeness (QED) is 0.578. The molecule has 1 aliphatic heterocycles. The molecule has 0 spiro atoms. The Kier molecular flexibility index (Phi) is 5.69. The van der Waals surface area contributed by atoms with Gasteiger partial charge >= 0.3 is 0 Å². The monoisotopic (exact) mass is 267 g/mol. The second-order valence-electron chi connectivity index (χ2n) is 2.80. The fourth-order valence-electron chi connectivity index (χ4n) is 0.871. The van der Waals surface area contributed by atoms with E-state index < -0.39 is 13.1 Å². The van der Waals surface area contributed by atoms with E-state index >= 15 is 0 Å². The largest absolute Gasteiger partial charge is 0.445 e. The van der Waals surface area contributed by atoms with E-state index in [1.807, 2.05) is 0 Å². The molecular weight excluding hydrogens is 257 g/mol. The van der Waals surface area contributed by atoms with E-state index in [9.17, 15) is 0 Å². The summed E-state index contributed by atoms with van der Waals surface area (Å²) in [5.41, 5.74) is -0.393. The minimum Gasteiger partial charge on any atom is -0.445 e. The van der Waals surface area contributed by atoms with E-state index in [0.717, 1.165) is 0 Å². The van der Waals surface area contributed by atoms with Gasteiger partial charge in [0.05, 0.1) is 19.8 Å². The summed E-state index contributed by atoms with van der Waals surface area (Å²) in [4.78, 5) is 0. The van der Waals surface area contributed by atoms with E-state index in [4.69, 9.17) is 41.2 Å². The zero-order valence-electron chi connectivity index (χ0n) is 6.76. The first-order valence-corrected chi connectivity index (χ1v) is 7.56. The highest BCUT2D eigenvalue weighted by molar-refractivity contribution is 7.76. The number of hydrogen-bond acceptors (Lipinski definition) is 3. The highest BCUT2D eigenvalue weighted by atomic mass is 35.7. The predicted octanol–water partition coefficient (Wildman–Crippen LogP) is 1.97. The van der Waals surface area contributed by atoms with Crippen molar-refractivity contribution < 1.29 is 18.7 Å². The lowest BCUT2D eigenvalue weighted by atomic mass is 9.93. The normalized spacial score (nSPS) is 35.8. The molecule has 1 unspecified atom stereocenters. The van der Waals surface area contributed by atoms with Gasteiger partial charge in [0.2, 0.25) is 0 Å². The summed E-state index contributed by atoms with van der Waals surface area (Å²) in [5, 5.41) is 7.37. The SMILES string of the molecule is [OH2+]CC1(COPCl)COP(Cl)OC1. The smallest absolute Gasteiger partial charge is 0.276 e. The van der Waals surface area contributed by atoms with Gasteiger partial charge in [-0.3, -0.25) is 0 Å². The van der Waals surface area contributed by atoms with Crippen LogP contribution in [0.15, 0.2) is 0 Å². The number of rotatable bonds is 4. The Bertz CT molecular complexity index is 148. The third-order valence-electron chi connectivity index (χ3n) is 1.75. The molecule has 0 aromatic carbocycles. The van der Waals surface area contributed by atoms with Crippen molar-refractivity contribution in [2.45, 2.75) is 0 Å². The van der Waals surface area contributed by atoms with Crippen molar-refractivity contribution >= 4 is 38.4 Å². The van der Waals surface area contributed by atoms with Crippen molar-refractivity contribution in [1.29, 1.82) is 0 Å². The Morgan fingerprint density at radius 2 is 2.15 bits per heavy atom. The zero-order chi connectivity index (χ0) is 9.73. The van der Waals surface area contributed by atoms with Crippen LogP contribution >= 0.6 is 38.4 Å². The topological polar surface area (TPSA) is 50.6 Å². The van der Waals surface area contributed by atoms with Crippen LogP contribution < -0.4 is 0 Å². The van der Waals surface area contributed by atoms with Crippen LogP contribution in [0.2, 0.25) is 0 Å². The molecule has 0 amide bonds. The average molecular weight is 268 g/mol. The Balaban J connectivity index is 2.40. The van der Waals surface area contributed by atoms with Crippen molar-refractivity contribution in [1.82, 2.24) is 0 Å². The molecule has 1 saturated heterocycles. The zero-order valence-corrected chi connectivity index (χ0v) is 10.2. The summed E-state index contributed by atoms with van der Waals surface area (Å²) in [6.07, 6.45) is 0. The summed E-state index contributed by atoms with van der Waals surface area (Å²) in [6, 6.07) is 0. The molecule has 78 valence electrons. The first kappa shape index (κ1) is 12.4. The maximum Gasteiger partial charge on any atom is 0.276 e. The van der Waals surface area contributed by atoms with Crippen molar-refractivity contribution in [3.05, 3.63) is 0 Å². The van der Waals surface area contributed by atoms with E-state index in [0.29, 0.717) is 19.8 Å². The van der Waals surface area contributed by atoms with Crippen molar-refractivity contribution in [3.63, 3.8) is 0 Å². The van der Waals surface area contributed by atoms with Gasteiger partial charge in [0.15, 0.2) is 6.61 Å². The van der Waals surface area contributed by atoms with E-state index in [-0.39, 0.29) is 14.8 Å². The Hall–Kier alpha value is 1.28. The van der Waals surface area contributed by atoms with Crippen molar-refractivity contribution in [2.75, 3.05) is 26.4 Å². The molecule has 1 aliphatic rings. The second kappa shape index (κ2) is 5.99. The Morgan fingerprint density at radius 1 is 1.54 bits per heavy atom. The minimum absolute atomic E-state index is 0.0901. The average Bonchev–Trinajstić information content (AvgIpc) is 2.18. The van der Waals surface area contributed by atoms with Crippen molar-refractivity contribution in [2.24, 2.45) is 5.41 Å². The van der Waals surface area contributed by atoms with Crippen LogP contribution in [-0.4, -0.2) is 31.5 Å². The van der Waals surface area contributed by atoms with Crippen LogP contribution in [-0.2, 0) is 13.6 Å². The Morgan fingerprint density at radius 3 is 2.62 bits per heavy atom. The van der Waals surface area contributed by atoms with E-state index in [1.54, 1.807) is 0 Å². The molecule has 1 rings (SSSR count). The summed E-state index contributed by atoms with van der Waals surface area (Å²) in [5.74, 6) is 0. The van der Waals surface area contributed by atoms with Gasteiger partial charge in [-0.15, -0.1) is 0 Å². The van der Waals surface area contributed by atoms with Crippen LogP contribution in [0.3, 0.4) is 0 Å². The highest BCUT2D eigenvalue weighted by Crippen LogP contribution is 2.50. The molecule has 0 aliphatic carbocycles. The van der Waals surface area contributed by atoms with Crippen LogP contribution in [0.4, 0.5) is 0 Å². The number of hydrogen-bond donors (Lipinski definition) is 0. The molecule has 1 heterocycles. The predicted molar refractivity (Wildman–Crippen MR) is 55.7 cm³/mol. The van der Waals surface area contributed by atoms with Crippen LogP contribution in [0, 0.1) is 5.41 Å². The van der Waals surface area contributed by atoms with Gasteiger partial charge in [0.25, 0.3) is 7.73 Å². The van der Waals surface area contributed by atoms with Gasteiger partial charge in [-0.2, -0.15) is 0 Å². The van der Waals surface area contributed by atoms with E-state index in [2.05, 4.69) is 0 Å². The summed E-state index contributed by atoms with van der Waals surface area (Å²) in [7, 11) is -1.36. The van der Waals surface area contributed by atoms with Crippen LogP contribution in [0.1, 0.15) is 0 Å². The lowest BCUT2D eigenvalue weighted by Crippen LogP contribution is -2.41. The molecule has 1 atom stereocenters. The first-order chi connectivity index (χ1) is 6.22. The molecule has 8 heteroatoms. The summed E-state index contributed by atoms with van der Waals surface area (Å²) >= 11 is 11.0. The fraction of sp³-hybridized carbons (Fsp3) is 1.00. The molecule has 13 heavy (non-hydrogen) atoms. The Labute approximate surface area is 89.2 Å². The molecule has 1 fully saturated rings. The first-order valence-electron chi connectivity index (χ1n) is 3.56. The number of halogens is 2. The third-order valence-corrected chi connectivity index (χ3v) is 3.58. The second-order valence-corrected chi connectivity index (χ2v) is 5.48. The molecule has 4 nitrogen and oxygen atoms in total. The third kappa shape index (κ3) is 3.73. The maximum atomic E-state index is 7.37. The maximum absolute atomic E-state index is 7.37. The lowest BCUT2D eigenvalue weighted by molar-refractivity contribution is -0.0305. The standard InChI is InChI=1S/C5H10Cl2O4P2/c6-12-9-2-5(1-8)3-10-13(7)11-4-5/h8,12H,1-4H2/p+1.